The monoisotopic (exact) mass is 683 g/mol. The minimum Gasteiger partial charge on any atom is -1.00 e. The van der Waals surface area contributed by atoms with E-state index < -0.39 is 15.8 Å². The quantitative estimate of drug-likeness (QED) is 0.210. The fourth-order valence-corrected chi connectivity index (χ4v) is 8.84. The summed E-state index contributed by atoms with van der Waals surface area (Å²) in [5.41, 5.74) is 2.84. The zero-order chi connectivity index (χ0) is 24.4. The molecule has 0 unspecified atom stereocenters. The first kappa shape index (κ1) is 37.4. The fraction of sp³-hybridized carbons (Fsp3) is 0. The van der Waals surface area contributed by atoms with Crippen LogP contribution in [-0.2, 0) is 33.8 Å². The van der Waals surface area contributed by atoms with Crippen molar-refractivity contribution in [2.45, 2.75) is 0 Å². The van der Waals surface area contributed by atoms with Crippen molar-refractivity contribution in [2.24, 2.45) is 0 Å². The first-order chi connectivity index (χ1) is 17.9. The summed E-state index contributed by atoms with van der Waals surface area (Å²) in [6, 6.07) is 43.1. The Balaban J connectivity index is 0.000000364. The van der Waals surface area contributed by atoms with Crippen molar-refractivity contribution in [3.8, 4) is 0 Å². The van der Waals surface area contributed by atoms with Gasteiger partial charge < -0.3 is 24.8 Å². The number of hydrogen-bond donors (Lipinski definition) is 0. The molecule has 0 N–H and O–H groups in total. The van der Waals surface area contributed by atoms with Crippen molar-refractivity contribution in [3.05, 3.63) is 184 Å². The van der Waals surface area contributed by atoms with Crippen LogP contribution in [0.3, 0.4) is 0 Å². The number of hydrogen-bond acceptors (Lipinski definition) is 0. The molecule has 6 heteroatoms. The zero-order valence-electron chi connectivity index (χ0n) is 21.5. The normalized spacial score (nSPS) is 14.7. The van der Waals surface area contributed by atoms with E-state index in [1.807, 2.05) is 0 Å². The van der Waals surface area contributed by atoms with Crippen molar-refractivity contribution in [2.75, 3.05) is 0 Å². The van der Waals surface area contributed by atoms with Crippen molar-refractivity contribution < 1.29 is 58.7 Å². The van der Waals surface area contributed by atoms with Gasteiger partial charge in [-0.3, -0.25) is 0 Å². The van der Waals surface area contributed by atoms with Crippen molar-refractivity contribution in [1.29, 1.82) is 0 Å². The Bertz CT molecular complexity index is 984. The summed E-state index contributed by atoms with van der Waals surface area (Å²) in [4.78, 5) is 0. The molecule has 4 aromatic rings. The first-order valence-corrected chi connectivity index (χ1v) is 14.8. The van der Waals surface area contributed by atoms with Crippen LogP contribution in [0.5, 0.6) is 0 Å². The van der Waals surface area contributed by atoms with Gasteiger partial charge in [0.05, 0.1) is 0 Å². The van der Waals surface area contributed by atoms with Gasteiger partial charge in [0.15, 0.2) is 0 Å². The summed E-state index contributed by atoms with van der Waals surface area (Å²) in [5.74, 6) is 0. The molecule has 2 fully saturated rings. The predicted molar refractivity (Wildman–Crippen MR) is 159 cm³/mol. The molecule has 4 aromatic carbocycles. The van der Waals surface area contributed by atoms with E-state index in [2.05, 4.69) is 173 Å². The van der Waals surface area contributed by atoms with Gasteiger partial charge in [0, 0.05) is 45.2 Å². The maximum Gasteiger partial charge on any atom is 0.0161 e. The van der Waals surface area contributed by atoms with Crippen LogP contribution in [0.25, 0.3) is 0 Å². The third-order valence-electron chi connectivity index (χ3n) is 5.86. The Kier molecular flexibility index (Phi) is 19.0. The zero-order valence-corrected chi connectivity index (χ0v) is 26.9. The third kappa shape index (κ3) is 10.3. The second kappa shape index (κ2) is 20.3. The van der Waals surface area contributed by atoms with Crippen molar-refractivity contribution in [3.63, 3.8) is 0 Å². The van der Waals surface area contributed by atoms with Crippen LogP contribution >= 0.6 is 15.8 Å². The minimum absolute atomic E-state index is 0. The van der Waals surface area contributed by atoms with E-state index in [0.29, 0.717) is 0 Å². The average Bonchev–Trinajstić information content (AvgIpc) is 3.68. The van der Waals surface area contributed by atoms with E-state index in [4.69, 9.17) is 0 Å². The standard InChI is InChI=1S/2C17H14P.2ClH.Co.Fe/c2*1-3-9-15(10-4-1)18(17-13-7-8-14-17)16-11-5-2-6-12-16;;;;/h2*1-14H;2*1H;;/p-2. The molecular weight excluding hydrogens is 656 g/mol. The smallest absolute Gasteiger partial charge is 0.0161 e. The maximum absolute atomic E-state index is 2.23. The van der Waals surface area contributed by atoms with Crippen molar-refractivity contribution in [1.82, 2.24) is 0 Å². The van der Waals surface area contributed by atoms with Crippen LogP contribution in [0.2, 0.25) is 0 Å². The topological polar surface area (TPSA) is 0 Å². The van der Waals surface area contributed by atoms with Gasteiger partial charge in [-0.2, -0.15) is 0 Å². The summed E-state index contributed by atoms with van der Waals surface area (Å²) < 4.78 is 0. The predicted octanol–water partition coefficient (Wildman–Crippen LogP) is 0.967. The molecule has 0 aliphatic heterocycles. The van der Waals surface area contributed by atoms with Crippen LogP contribution in [0.4, 0.5) is 0 Å². The molecular formula is C34H28Cl2CoFeP2-2. The Morgan fingerprint density at radius 2 is 0.525 bits per heavy atom. The van der Waals surface area contributed by atoms with E-state index in [9.17, 15) is 0 Å². The molecule has 0 nitrogen and oxygen atoms in total. The van der Waals surface area contributed by atoms with E-state index in [1.54, 1.807) is 0 Å². The van der Waals surface area contributed by atoms with Gasteiger partial charge in [-0.1, -0.05) is 121 Å². The molecule has 0 atom stereocenters. The molecule has 0 heterocycles. The van der Waals surface area contributed by atoms with Crippen LogP contribution < -0.4 is 46.0 Å². The Hall–Kier alpha value is -0.654. The van der Waals surface area contributed by atoms with E-state index in [-0.39, 0.29) is 58.7 Å². The van der Waals surface area contributed by atoms with Gasteiger partial charge in [-0.05, 0) is 88.4 Å². The van der Waals surface area contributed by atoms with Crippen LogP contribution in [0, 0.1) is 62.7 Å². The molecule has 207 valence electrons. The van der Waals surface area contributed by atoms with Crippen LogP contribution in [-0.4, -0.2) is 0 Å². The molecule has 0 saturated heterocycles. The first-order valence-electron chi connectivity index (χ1n) is 12.1. The van der Waals surface area contributed by atoms with Gasteiger partial charge in [0.1, 0.15) is 0 Å². The molecule has 0 bridgehead atoms. The van der Waals surface area contributed by atoms with Gasteiger partial charge >= 0.3 is 0 Å². The molecule has 0 spiro atoms. The number of halogens is 2. The van der Waals surface area contributed by atoms with Crippen LogP contribution in [0.15, 0.2) is 121 Å². The van der Waals surface area contributed by atoms with Gasteiger partial charge in [0.25, 0.3) is 0 Å². The molecule has 2 saturated carbocycles. The Morgan fingerprint density at radius 3 is 0.725 bits per heavy atom. The number of rotatable bonds is 6. The molecule has 2 aliphatic rings. The van der Waals surface area contributed by atoms with E-state index in [0.717, 1.165) is 0 Å². The fourth-order valence-electron chi connectivity index (χ4n) is 4.23. The third-order valence-corrected chi connectivity index (χ3v) is 10.8. The SMILES string of the molecule is [CH]1[CH][CH][C](P(c2ccccc2)c2ccccc2)[CH]1.[CH]1[CH][CH][C](P(c2ccccc2)c2ccccc2)[CH]1.[Cl-].[Cl-].[Co].[Fe]. The van der Waals surface area contributed by atoms with E-state index in [1.165, 1.54) is 32.5 Å². The van der Waals surface area contributed by atoms with Gasteiger partial charge in [0.2, 0.25) is 0 Å². The van der Waals surface area contributed by atoms with Gasteiger partial charge in [-0.15, -0.1) is 0 Å². The summed E-state index contributed by atoms with van der Waals surface area (Å²) in [7, 11) is -0.818. The maximum atomic E-state index is 2.23. The molecule has 40 heavy (non-hydrogen) atoms. The Labute approximate surface area is 277 Å². The molecule has 6 rings (SSSR count). The second-order valence-electron chi connectivity index (χ2n) is 8.30. The number of benzene rings is 4. The average molecular weight is 684 g/mol. The molecule has 0 amide bonds. The summed E-state index contributed by atoms with van der Waals surface area (Å²) in [6.45, 7) is 0. The van der Waals surface area contributed by atoms with Gasteiger partial charge in [-0.25, -0.2) is 0 Å². The Morgan fingerprint density at radius 1 is 0.325 bits per heavy atom. The second-order valence-corrected chi connectivity index (χ2v) is 12.7. The summed E-state index contributed by atoms with van der Waals surface area (Å²) >= 11 is 0. The summed E-state index contributed by atoms with van der Waals surface area (Å²) in [6.07, 6.45) is 17.4. The largest absolute Gasteiger partial charge is 1.00 e. The van der Waals surface area contributed by atoms with E-state index >= 15 is 0 Å². The minimum atomic E-state index is -0.409. The van der Waals surface area contributed by atoms with Crippen molar-refractivity contribution >= 4 is 37.1 Å². The molecule has 11 radical (unpaired) electrons. The summed E-state index contributed by atoms with van der Waals surface area (Å²) in [5, 5.41) is 5.63. The van der Waals surface area contributed by atoms with Crippen LogP contribution in [0.1, 0.15) is 0 Å². The molecule has 2 aliphatic carbocycles. The molecule has 0 aromatic heterocycles.